The molecule has 1 saturated heterocycles. The van der Waals surface area contributed by atoms with Gasteiger partial charge >= 0.3 is 10.1 Å². The van der Waals surface area contributed by atoms with Crippen LogP contribution in [0.25, 0.3) is 11.3 Å². The zero-order chi connectivity index (χ0) is 29.7. The summed E-state index contributed by atoms with van der Waals surface area (Å²) in [5.41, 5.74) is 5.67. The number of hydrogen-bond donors (Lipinski definition) is 2. The average molecular weight is 589 g/mol. The van der Waals surface area contributed by atoms with Gasteiger partial charge in [0.2, 0.25) is 5.95 Å². The van der Waals surface area contributed by atoms with Crippen LogP contribution in [0.15, 0.2) is 79.3 Å². The van der Waals surface area contributed by atoms with E-state index in [0.29, 0.717) is 49.9 Å². The summed E-state index contributed by atoms with van der Waals surface area (Å²) in [6, 6.07) is 18.8. The quantitative estimate of drug-likeness (QED) is 0.279. The highest BCUT2D eigenvalue weighted by atomic mass is 32.2. The van der Waals surface area contributed by atoms with E-state index in [1.165, 1.54) is 0 Å². The first-order valence-electron chi connectivity index (χ1n) is 13.5. The first-order valence-corrected chi connectivity index (χ1v) is 15.4. The number of aryl methyl sites for hydroxylation is 1. The standard InChI is InChI=1S/C30H33N7O4S/c1-22-6-11-26(19-28(22)35-30-32-14-12-27(34-30)25-5-4-13-31-20-25)33-29(38)24-9-7-23(8-10-24)21-36-15-17-37(2,18-16-36)41-42(3,39)40/h4-14,19-20H,15-18,21H2,1-3H3,(H-,32,33,34,35,38)/p+1. The Morgan fingerprint density at radius 3 is 2.50 bits per heavy atom. The maximum atomic E-state index is 13.0. The van der Waals surface area contributed by atoms with Crippen molar-refractivity contribution in [2.24, 2.45) is 0 Å². The highest BCUT2D eigenvalue weighted by molar-refractivity contribution is 7.85. The van der Waals surface area contributed by atoms with Gasteiger partial charge in [0.05, 0.1) is 25.0 Å². The molecule has 0 unspecified atom stereocenters. The van der Waals surface area contributed by atoms with Gasteiger partial charge in [0, 0.05) is 47.6 Å². The molecule has 1 aliphatic rings. The number of quaternary nitrogens is 1. The van der Waals surface area contributed by atoms with E-state index in [9.17, 15) is 13.2 Å². The van der Waals surface area contributed by atoms with Gasteiger partial charge in [-0.2, -0.15) is 13.1 Å². The number of hydrogen-bond acceptors (Lipinski definition) is 9. The van der Waals surface area contributed by atoms with Crippen molar-refractivity contribution in [3.63, 3.8) is 0 Å². The zero-order valence-corrected chi connectivity index (χ0v) is 24.6. The van der Waals surface area contributed by atoms with Crippen LogP contribution in [-0.4, -0.2) is 78.3 Å². The Kier molecular flexibility index (Phi) is 8.59. The molecule has 42 heavy (non-hydrogen) atoms. The molecule has 0 saturated carbocycles. The molecule has 12 heteroatoms. The first-order chi connectivity index (χ1) is 20.1. The molecule has 0 bridgehead atoms. The van der Waals surface area contributed by atoms with E-state index < -0.39 is 10.1 Å². The van der Waals surface area contributed by atoms with Gasteiger partial charge in [-0.25, -0.2) is 9.97 Å². The van der Waals surface area contributed by atoms with E-state index in [2.05, 4.69) is 30.5 Å². The molecule has 1 fully saturated rings. The number of carbonyl (C=O) groups is 1. The number of anilines is 3. The number of hydroxylamine groups is 3. The molecular weight excluding hydrogens is 554 g/mol. The van der Waals surface area contributed by atoms with Crippen LogP contribution in [0.5, 0.6) is 0 Å². The summed E-state index contributed by atoms with van der Waals surface area (Å²) in [5, 5.41) is 6.23. The number of piperazine rings is 1. The number of aromatic nitrogens is 3. The number of nitrogens with one attached hydrogen (secondary N) is 2. The molecule has 5 rings (SSSR count). The smallest absolute Gasteiger partial charge is 0.311 e. The Hall–Kier alpha value is -4.23. The van der Waals surface area contributed by atoms with Crippen molar-refractivity contribution in [1.82, 2.24) is 19.9 Å². The minimum atomic E-state index is -3.52. The highest BCUT2D eigenvalue weighted by Crippen LogP contribution is 2.25. The number of amides is 1. The van der Waals surface area contributed by atoms with E-state index in [0.717, 1.165) is 34.3 Å². The van der Waals surface area contributed by atoms with Crippen LogP contribution in [0.2, 0.25) is 0 Å². The number of pyridine rings is 1. The van der Waals surface area contributed by atoms with Crippen molar-refractivity contribution in [3.05, 3.63) is 95.9 Å². The summed E-state index contributed by atoms with van der Waals surface area (Å²) in [6.07, 6.45) is 6.24. The Balaban J connectivity index is 1.19. The lowest BCUT2D eigenvalue weighted by atomic mass is 10.1. The normalized spacial score (nSPS) is 15.2. The van der Waals surface area contributed by atoms with E-state index in [1.54, 1.807) is 25.6 Å². The fourth-order valence-corrected chi connectivity index (χ4v) is 5.56. The second kappa shape index (κ2) is 12.3. The second-order valence-corrected chi connectivity index (χ2v) is 12.2. The number of nitrogens with zero attached hydrogens (tertiary/aromatic N) is 5. The number of likely N-dealkylation sites (N-methyl/N-ethyl adjacent to an activating group) is 1. The van der Waals surface area contributed by atoms with Gasteiger partial charge in [0.1, 0.15) is 20.1 Å². The summed E-state index contributed by atoms with van der Waals surface area (Å²) in [6.45, 7) is 5.23. The molecule has 0 aliphatic carbocycles. The third-order valence-electron chi connectivity index (χ3n) is 7.07. The minimum absolute atomic E-state index is 0.0511. The van der Waals surface area contributed by atoms with Crippen LogP contribution in [0, 0.1) is 6.92 Å². The predicted octanol–water partition coefficient (Wildman–Crippen LogP) is 4.00. The third kappa shape index (κ3) is 7.74. The Bertz CT molecular complexity index is 1660. The Morgan fingerprint density at radius 2 is 1.81 bits per heavy atom. The monoisotopic (exact) mass is 588 g/mol. The van der Waals surface area contributed by atoms with Gasteiger partial charge in [0.25, 0.3) is 5.91 Å². The van der Waals surface area contributed by atoms with Gasteiger partial charge in [-0.3, -0.25) is 14.7 Å². The van der Waals surface area contributed by atoms with Crippen LogP contribution < -0.4 is 10.6 Å². The SMILES string of the molecule is Cc1ccc(NC(=O)c2ccc(CN3CC[N+](C)(OS(C)(=O)=O)CC3)cc2)cc1Nc1nccc(-c2cccnc2)n1. The van der Waals surface area contributed by atoms with Crippen LogP contribution in [0.3, 0.4) is 0 Å². The van der Waals surface area contributed by atoms with Crippen molar-refractivity contribution >= 4 is 33.3 Å². The third-order valence-corrected chi connectivity index (χ3v) is 7.70. The summed E-state index contributed by atoms with van der Waals surface area (Å²) < 4.78 is 28.4. The summed E-state index contributed by atoms with van der Waals surface area (Å²) in [7, 11) is -1.73. The molecule has 2 aromatic heterocycles. The molecule has 0 atom stereocenters. The fourth-order valence-electron chi connectivity index (χ4n) is 4.76. The maximum absolute atomic E-state index is 13.0. The lowest BCUT2D eigenvalue weighted by molar-refractivity contribution is -1.07. The van der Waals surface area contributed by atoms with Gasteiger partial charge in [-0.15, -0.1) is 0 Å². The molecule has 0 spiro atoms. The second-order valence-electron chi connectivity index (χ2n) is 10.6. The Morgan fingerprint density at radius 1 is 1.05 bits per heavy atom. The summed E-state index contributed by atoms with van der Waals surface area (Å²) >= 11 is 0. The number of rotatable bonds is 9. The average Bonchev–Trinajstić information content (AvgIpc) is 2.96. The Labute approximate surface area is 245 Å². The minimum Gasteiger partial charge on any atom is -0.324 e. The van der Waals surface area contributed by atoms with Crippen LogP contribution in [-0.2, 0) is 20.9 Å². The zero-order valence-electron chi connectivity index (χ0n) is 23.8. The molecule has 3 heterocycles. The van der Waals surface area contributed by atoms with E-state index in [1.807, 2.05) is 67.6 Å². The van der Waals surface area contributed by atoms with Crippen molar-refractivity contribution < 1.29 is 22.1 Å². The molecule has 2 N–H and O–H groups in total. The molecule has 11 nitrogen and oxygen atoms in total. The topological polar surface area (TPSA) is 126 Å². The van der Waals surface area contributed by atoms with Crippen molar-refractivity contribution in [2.75, 3.05) is 50.1 Å². The maximum Gasteiger partial charge on any atom is 0.311 e. The van der Waals surface area contributed by atoms with Crippen LogP contribution >= 0.6 is 0 Å². The van der Waals surface area contributed by atoms with Gasteiger partial charge < -0.3 is 10.6 Å². The highest BCUT2D eigenvalue weighted by Gasteiger charge is 2.34. The molecule has 2 aromatic carbocycles. The van der Waals surface area contributed by atoms with Crippen LogP contribution in [0.4, 0.5) is 17.3 Å². The van der Waals surface area contributed by atoms with E-state index in [-0.39, 0.29) is 10.6 Å². The van der Waals surface area contributed by atoms with Crippen molar-refractivity contribution in [3.8, 4) is 11.3 Å². The fraction of sp³-hybridized carbons (Fsp3) is 0.267. The number of benzene rings is 2. The van der Waals surface area contributed by atoms with E-state index >= 15 is 0 Å². The van der Waals surface area contributed by atoms with Crippen molar-refractivity contribution in [1.29, 1.82) is 0 Å². The van der Waals surface area contributed by atoms with Gasteiger partial charge in [-0.1, -0.05) is 22.5 Å². The van der Waals surface area contributed by atoms with Gasteiger partial charge in [0.15, 0.2) is 0 Å². The lowest BCUT2D eigenvalue weighted by Crippen LogP contribution is -2.57. The molecule has 4 aromatic rings. The largest absolute Gasteiger partial charge is 0.324 e. The molecule has 218 valence electrons. The van der Waals surface area contributed by atoms with Gasteiger partial charge in [-0.05, 0) is 60.5 Å². The van der Waals surface area contributed by atoms with Crippen LogP contribution in [0.1, 0.15) is 21.5 Å². The van der Waals surface area contributed by atoms with E-state index in [4.69, 9.17) is 4.28 Å². The molecule has 1 aliphatic heterocycles. The lowest BCUT2D eigenvalue weighted by Gasteiger charge is -2.38. The summed E-state index contributed by atoms with van der Waals surface area (Å²) in [5.74, 6) is 0.230. The van der Waals surface area contributed by atoms with Crippen molar-refractivity contribution in [2.45, 2.75) is 13.5 Å². The molecule has 1 amide bonds. The first kappa shape index (κ1) is 29.3. The predicted molar refractivity (Wildman–Crippen MR) is 161 cm³/mol. The molecular formula is C30H34N7O4S+. The number of carbonyl (C=O) groups excluding carboxylic acids is 1. The molecule has 0 radical (unpaired) electrons. The summed E-state index contributed by atoms with van der Waals surface area (Å²) in [4.78, 5) is 28.4.